The summed E-state index contributed by atoms with van der Waals surface area (Å²) in [5.41, 5.74) is 0. The fraction of sp³-hybridized carbons (Fsp3) is 1.00. The summed E-state index contributed by atoms with van der Waals surface area (Å²) in [7, 11) is 0. The number of epoxide rings is 1. The SMILES string of the molecule is FC(F)C1CCN(C[C@@H]2CO2)CC1. The molecular weight excluding hydrogens is 176 g/mol. The molecule has 0 saturated carbocycles. The molecule has 0 bridgehead atoms. The zero-order valence-corrected chi connectivity index (χ0v) is 7.59. The van der Waals surface area contributed by atoms with E-state index >= 15 is 0 Å². The van der Waals surface area contributed by atoms with Gasteiger partial charge in [0.1, 0.15) is 0 Å². The summed E-state index contributed by atoms with van der Waals surface area (Å²) < 4.78 is 29.7. The first-order valence-electron chi connectivity index (χ1n) is 4.88. The minimum Gasteiger partial charge on any atom is -0.372 e. The Morgan fingerprint density at radius 2 is 1.92 bits per heavy atom. The number of likely N-dealkylation sites (tertiary alicyclic amines) is 1. The molecule has 0 spiro atoms. The Kier molecular flexibility index (Phi) is 2.79. The lowest BCUT2D eigenvalue weighted by atomic mass is 9.97. The number of rotatable bonds is 3. The molecule has 76 valence electrons. The van der Waals surface area contributed by atoms with E-state index in [-0.39, 0.29) is 5.92 Å². The summed E-state index contributed by atoms with van der Waals surface area (Å²) in [6, 6.07) is 0. The topological polar surface area (TPSA) is 15.8 Å². The van der Waals surface area contributed by atoms with Crippen molar-refractivity contribution < 1.29 is 13.5 Å². The fourth-order valence-electron chi connectivity index (χ4n) is 1.85. The van der Waals surface area contributed by atoms with Gasteiger partial charge >= 0.3 is 0 Å². The molecule has 4 heteroatoms. The van der Waals surface area contributed by atoms with Crippen LogP contribution in [0.1, 0.15) is 12.8 Å². The quantitative estimate of drug-likeness (QED) is 0.626. The molecule has 2 nitrogen and oxygen atoms in total. The lowest BCUT2D eigenvalue weighted by molar-refractivity contribution is 0.0340. The van der Waals surface area contributed by atoms with E-state index in [1.807, 2.05) is 0 Å². The molecule has 2 heterocycles. The van der Waals surface area contributed by atoms with Crippen LogP contribution in [0.15, 0.2) is 0 Å². The van der Waals surface area contributed by atoms with Gasteiger partial charge < -0.3 is 9.64 Å². The van der Waals surface area contributed by atoms with Crippen molar-refractivity contribution in [2.75, 3.05) is 26.2 Å². The highest BCUT2D eigenvalue weighted by Crippen LogP contribution is 2.24. The Morgan fingerprint density at radius 3 is 2.38 bits per heavy atom. The highest BCUT2D eigenvalue weighted by Gasteiger charge is 2.30. The maximum absolute atomic E-state index is 12.3. The standard InChI is InChI=1S/C9H15F2NO/c10-9(11)7-1-3-12(4-2-7)5-8-6-13-8/h7-9H,1-6H2/t8-/m1/s1. The Morgan fingerprint density at radius 1 is 1.31 bits per heavy atom. The number of ether oxygens (including phenoxy) is 1. The van der Waals surface area contributed by atoms with Crippen molar-refractivity contribution in [3.63, 3.8) is 0 Å². The fourth-order valence-corrected chi connectivity index (χ4v) is 1.85. The van der Waals surface area contributed by atoms with Crippen molar-refractivity contribution in [3.8, 4) is 0 Å². The van der Waals surface area contributed by atoms with Gasteiger partial charge in [-0.15, -0.1) is 0 Å². The zero-order valence-electron chi connectivity index (χ0n) is 7.59. The second kappa shape index (κ2) is 3.88. The number of piperidine rings is 1. The van der Waals surface area contributed by atoms with Gasteiger partial charge in [0.25, 0.3) is 0 Å². The number of nitrogens with zero attached hydrogens (tertiary/aromatic N) is 1. The van der Waals surface area contributed by atoms with Gasteiger partial charge in [0.15, 0.2) is 0 Å². The van der Waals surface area contributed by atoms with Gasteiger partial charge in [-0.3, -0.25) is 0 Å². The third-order valence-electron chi connectivity index (χ3n) is 2.85. The summed E-state index contributed by atoms with van der Waals surface area (Å²) in [6.45, 7) is 3.43. The second-order valence-electron chi connectivity index (χ2n) is 3.93. The first kappa shape index (κ1) is 9.34. The third kappa shape index (κ3) is 2.61. The van der Waals surface area contributed by atoms with Crippen LogP contribution < -0.4 is 0 Å². The first-order valence-corrected chi connectivity index (χ1v) is 4.88. The van der Waals surface area contributed by atoms with Crippen LogP contribution in [0.2, 0.25) is 0 Å². The van der Waals surface area contributed by atoms with Crippen LogP contribution in [0, 0.1) is 5.92 Å². The van der Waals surface area contributed by atoms with E-state index in [0.717, 1.165) is 26.2 Å². The Bertz CT molecular complexity index is 165. The molecule has 1 atom stereocenters. The highest BCUT2D eigenvalue weighted by molar-refractivity contribution is 4.79. The molecule has 2 fully saturated rings. The summed E-state index contributed by atoms with van der Waals surface area (Å²) in [6.07, 6.45) is -0.447. The van der Waals surface area contributed by atoms with Crippen LogP contribution in [0.5, 0.6) is 0 Å². The van der Waals surface area contributed by atoms with Crippen molar-refractivity contribution in [3.05, 3.63) is 0 Å². The average Bonchev–Trinajstić information content (AvgIpc) is 2.89. The molecule has 2 saturated heterocycles. The van der Waals surface area contributed by atoms with E-state index in [9.17, 15) is 8.78 Å². The van der Waals surface area contributed by atoms with Crippen LogP contribution in [0.25, 0.3) is 0 Å². The maximum atomic E-state index is 12.3. The van der Waals surface area contributed by atoms with Gasteiger partial charge in [-0.2, -0.15) is 0 Å². The van der Waals surface area contributed by atoms with E-state index < -0.39 is 6.43 Å². The molecule has 2 aliphatic heterocycles. The number of halogens is 2. The smallest absolute Gasteiger partial charge is 0.241 e. The van der Waals surface area contributed by atoms with Gasteiger partial charge in [0.2, 0.25) is 6.43 Å². The second-order valence-corrected chi connectivity index (χ2v) is 3.93. The Balaban J connectivity index is 1.69. The van der Waals surface area contributed by atoms with Gasteiger partial charge in [-0.25, -0.2) is 8.78 Å². The molecule has 0 aromatic carbocycles. The van der Waals surface area contributed by atoms with Crippen LogP contribution in [-0.4, -0.2) is 43.7 Å². The lowest BCUT2D eigenvalue weighted by Gasteiger charge is -2.30. The molecular formula is C9H15F2NO. The van der Waals surface area contributed by atoms with Crippen LogP contribution in [0.4, 0.5) is 8.78 Å². The van der Waals surface area contributed by atoms with Gasteiger partial charge in [-0.05, 0) is 25.9 Å². The summed E-state index contributed by atoms with van der Waals surface area (Å²) in [4.78, 5) is 2.23. The number of hydrogen-bond acceptors (Lipinski definition) is 2. The third-order valence-corrected chi connectivity index (χ3v) is 2.85. The Labute approximate surface area is 76.9 Å². The van der Waals surface area contributed by atoms with E-state index in [4.69, 9.17) is 4.74 Å². The van der Waals surface area contributed by atoms with Gasteiger partial charge in [0, 0.05) is 12.5 Å². The average molecular weight is 191 g/mol. The summed E-state index contributed by atoms with van der Waals surface area (Å²) >= 11 is 0. The normalized spacial score (nSPS) is 31.2. The molecule has 0 aromatic heterocycles. The van der Waals surface area contributed by atoms with E-state index in [2.05, 4.69) is 4.90 Å². The molecule has 2 aliphatic rings. The van der Waals surface area contributed by atoms with E-state index in [0.29, 0.717) is 18.9 Å². The van der Waals surface area contributed by atoms with Crippen molar-refractivity contribution in [2.24, 2.45) is 5.92 Å². The van der Waals surface area contributed by atoms with Crippen molar-refractivity contribution in [1.29, 1.82) is 0 Å². The van der Waals surface area contributed by atoms with E-state index in [1.54, 1.807) is 0 Å². The molecule has 2 rings (SSSR count). The van der Waals surface area contributed by atoms with Crippen molar-refractivity contribution >= 4 is 0 Å². The molecule has 0 aromatic rings. The predicted molar refractivity (Wildman–Crippen MR) is 44.9 cm³/mol. The minimum atomic E-state index is -2.13. The van der Waals surface area contributed by atoms with Crippen LogP contribution >= 0.6 is 0 Å². The van der Waals surface area contributed by atoms with E-state index in [1.165, 1.54) is 0 Å². The number of hydrogen-bond donors (Lipinski definition) is 0. The Hall–Kier alpha value is -0.220. The largest absolute Gasteiger partial charge is 0.372 e. The maximum Gasteiger partial charge on any atom is 0.241 e. The summed E-state index contributed by atoms with van der Waals surface area (Å²) in [5, 5.41) is 0. The van der Waals surface area contributed by atoms with Gasteiger partial charge in [0.05, 0.1) is 12.7 Å². The molecule has 0 amide bonds. The molecule has 0 radical (unpaired) electrons. The lowest BCUT2D eigenvalue weighted by Crippen LogP contribution is -2.38. The first-order chi connectivity index (χ1) is 6.25. The van der Waals surface area contributed by atoms with Crippen molar-refractivity contribution in [1.82, 2.24) is 4.90 Å². The number of alkyl halides is 2. The van der Waals surface area contributed by atoms with Crippen LogP contribution in [0.3, 0.4) is 0 Å². The predicted octanol–water partition coefficient (Wildman–Crippen LogP) is 1.36. The molecule has 13 heavy (non-hydrogen) atoms. The van der Waals surface area contributed by atoms with Gasteiger partial charge in [-0.1, -0.05) is 0 Å². The molecule has 0 N–H and O–H groups in total. The minimum absolute atomic E-state index is 0.364. The summed E-state index contributed by atoms with van der Waals surface area (Å²) in [5.74, 6) is -0.364. The molecule has 0 aliphatic carbocycles. The van der Waals surface area contributed by atoms with Crippen LogP contribution in [-0.2, 0) is 4.74 Å². The zero-order chi connectivity index (χ0) is 9.26. The molecule has 0 unspecified atom stereocenters. The van der Waals surface area contributed by atoms with Crippen molar-refractivity contribution in [2.45, 2.75) is 25.4 Å². The highest BCUT2D eigenvalue weighted by atomic mass is 19.3. The monoisotopic (exact) mass is 191 g/mol.